The largest absolute Gasteiger partial charge is 0.479 e. The number of hydrogen-bond donors (Lipinski definition) is 1. The Kier molecular flexibility index (Phi) is 35.5. The Balaban J connectivity index is 0.000000150. The molecule has 0 saturated heterocycles. The van der Waals surface area contributed by atoms with E-state index in [4.69, 9.17) is 89.5 Å². The lowest BCUT2D eigenvalue weighted by atomic mass is 10.2. The highest BCUT2D eigenvalue weighted by molar-refractivity contribution is 8.02. The summed E-state index contributed by atoms with van der Waals surface area (Å²) in [4.78, 5) is 53.3. The molecule has 38 nitrogen and oxygen atoms in total. The maximum atomic E-state index is 13.1. The summed E-state index contributed by atoms with van der Waals surface area (Å²) in [6.45, 7) is 19.8. The summed E-state index contributed by atoms with van der Waals surface area (Å²) in [5, 5.41) is 32.9. The van der Waals surface area contributed by atoms with Crippen molar-refractivity contribution in [1.29, 1.82) is 0 Å². The van der Waals surface area contributed by atoms with Gasteiger partial charge in [-0.3, -0.25) is 0 Å². The van der Waals surface area contributed by atoms with E-state index in [1.807, 2.05) is 61.6 Å². The molecule has 0 amide bonds. The quantitative estimate of drug-likeness (QED) is 0.0549. The summed E-state index contributed by atoms with van der Waals surface area (Å²) >= 11 is 42.6. The van der Waals surface area contributed by atoms with Crippen LogP contribution in [-0.4, -0.2) is 218 Å². The number of rotatable bonds is 24. The average Bonchev–Trinajstić information content (AvgIpc) is 1.72. The standard InChI is InChI=1S/C17H21ClN2O3S.C16H18ClN5O3S.C14H13ClN4O2S4.C12H11ClN6O2S2.C12H9ClN4O3S2.C12H13ClN2O2S2/c1-11(2)10-23-16-17(24(21,22)13-5-3-4-6-13)20-15-9-12(18)7-8-14(15)19-16;1-9(2)8-25-14-15(19-12-6-5-11(17)7-13(12)18-14)26(23,24)16-21-20-10(3)22(16)4;1-7(2)23-11-12(17-10-6-8(15)4-5-9(10)16-11)25(20,21)14-19-18-13(22-3)24-14;1-19(2)9-10(23(20,21)12-18-17-11(14)22-12)16-7-4-3-6(13)5-8(7)15-9;1-6-16-17-12(21-6)22(18,19)11-10(20-2)14-8-4-3-7(13)5-9(8)15-11;1-7(2)18-11-12(19(3,16)17)15-9-5-4-8(13)6-10(9)14-11/h7-9,11,13H,3-6,10H2,1-2H3;5-7,9H,8H2,1-4H3;4-7H,1-3H3;3-5H,1-2H3,(H2,14,17);3-5H,1-2H3;4-7H,1-3H3. The SMILES string of the molecule is CC(C)COc1nc2ccc(Cl)cc2nc1S(=O)(=O)C1CCCC1.CC(C)Sc1nc2cc(Cl)ccc2nc1S(C)(=O)=O.CN(C)c1nc2cc(Cl)ccc2nc1S(=O)(=O)c1nnc(N)s1.COc1nc2ccc(Cl)cc2nc1S(=O)(=O)c1nnc(C)s1.CSc1nnc(S(=O)(=O)c2nc3cc(Cl)ccc3nc2SC(C)C)s1.Cc1nnc(S(=O)(=O)c2nc3ccc(Cl)cc3nc2OCC(C)C)n1C. The average molecular weight is 2240 g/mol. The molecule has 0 radical (unpaired) electrons. The first-order valence-corrected chi connectivity index (χ1v) is 58.1. The first kappa shape index (κ1) is 108. The van der Waals surface area contributed by atoms with Crippen LogP contribution in [0, 0.1) is 25.7 Å². The second kappa shape index (κ2) is 45.5. The van der Waals surface area contributed by atoms with Crippen molar-refractivity contribution >= 4 is 275 Å². The fourth-order valence-corrected chi connectivity index (χ4v) is 27.1. The van der Waals surface area contributed by atoms with Gasteiger partial charge in [-0.2, -0.15) is 0 Å². The Morgan fingerprint density at radius 1 is 0.424 bits per heavy atom. The van der Waals surface area contributed by atoms with E-state index < -0.39 is 64.3 Å². The molecule has 56 heteroatoms. The van der Waals surface area contributed by atoms with E-state index in [0.717, 1.165) is 53.1 Å². The summed E-state index contributed by atoms with van der Waals surface area (Å²) in [6.07, 6.45) is 6.15. The summed E-state index contributed by atoms with van der Waals surface area (Å²) in [5.74, 6) is 1.03. The van der Waals surface area contributed by atoms with Crippen LogP contribution in [-0.2, 0) is 66.1 Å². The molecule has 17 rings (SSSR count). The van der Waals surface area contributed by atoms with Gasteiger partial charge in [0.2, 0.25) is 48.1 Å². The van der Waals surface area contributed by atoms with Crippen LogP contribution < -0.4 is 24.8 Å². The van der Waals surface area contributed by atoms with Gasteiger partial charge in [-0.1, -0.05) is 184 Å². The van der Waals surface area contributed by atoms with E-state index in [2.05, 4.69) is 101 Å². The molecule has 10 aromatic heterocycles. The van der Waals surface area contributed by atoms with Gasteiger partial charge in [0.05, 0.1) is 91.8 Å². The molecule has 10 heterocycles. The van der Waals surface area contributed by atoms with Crippen LogP contribution in [0.1, 0.15) is 91.9 Å². The lowest BCUT2D eigenvalue weighted by molar-refractivity contribution is 0.253. The van der Waals surface area contributed by atoms with Gasteiger partial charge in [0.25, 0.3) is 62.1 Å². The van der Waals surface area contributed by atoms with Crippen LogP contribution in [0.3, 0.4) is 0 Å². The number of fused-ring (bicyclic) bond motifs is 6. The number of benzene rings is 6. The number of methoxy groups -OCH3 is 1. The maximum absolute atomic E-state index is 13.1. The van der Waals surface area contributed by atoms with Crippen molar-refractivity contribution in [2.45, 2.75) is 173 Å². The smallest absolute Gasteiger partial charge is 0.264 e. The van der Waals surface area contributed by atoms with Crippen molar-refractivity contribution in [2.24, 2.45) is 18.9 Å². The minimum Gasteiger partial charge on any atom is -0.479 e. The Bertz CT molecular complexity index is 8080. The fourth-order valence-electron chi connectivity index (χ4n) is 12.2. The minimum atomic E-state index is -4.07. The summed E-state index contributed by atoms with van der Waals surface area (Å²) < 4.78 is 171. The molecule has 16 aromatic rings. The van der Waals surface area contributed by atoms with Gasteiger partial charge >= 0.3 is 0 Å². The van der Waals surface area contributed by atoms with Crippen LogP contribution in [0.5, 0.6) is 17.6 Å². The zero-order chi connectivity index (χ0) is 101. The van der Waals surface area contributed by atoms with Crippen LogP contribution in [0.15, 0.2) is 172 Å². The lowest BCUT2D eigenvalue weighted by Gasteiger charge is -2.15. The second-order valence-electron chi connectivity index (χ2n) is 31.5. The van der Waals surface area contributed by atoms with Crippen LogP contribution in [0.2, 0.25) is 30.1 Å². The first-order valence-electron chi connectivity index (χ1n) is 41.1. The van der Waals surface area contributed by atoms with Gasteiger partial charge in [-0.15, -0.1) is 64.3 Å². The molecule has 0 spiro atoms. The molecule has 0 atom stereocenters. The van der Waals surface area contributed by atoms with E-state index in [0.29, 0.717) is 148 Å². The topological polar surface area (TPSA) is 525 Å². The molecule has 0 aliphatic heterocycles. The summed E-state index contributed by atoms with van der Waals surface area (Å²) in [7, 11) is -16.6. The highest BCUT2D eigenvalue weighted by Gasteiger charge is 2.38. The molecule has 0 unspecified atom stereocenters. The maximum Gasteiger partial charge on any atom is 0.264 e. The molecule has 1 aliphatic rings. The zero-order valence-corrected chi connectivity index (χ0v) is 90.6. The number of aryl methyl sites for hydroxylation is 2. The Morgan fingerprint density at radius 3 is 1.21 bits per heavy atom. The Hall–Kier alpha value is -9.33. The first-order chi connectivity index (χ1) is 65.3. The monoisotopic (exact) mass is 2240 g/mol. The fraction of sp³-hybridized carbons (Fsp3) is 0.325. The highest BCUT2D eigenvalue weighted by Crippen LogP contribution is 2.40. The minimum absolute atomic E-state index is 0.0287. The normalized spacial score (nSPS) is 12.7. The molecule has 1 fully saturated rings. The predicted molar refractivity (Wildman–Crippen MR) is 542 cm³/mol. The number of halogens is 6. The molecular weight excluding hydrogens is 2160 g/mol. The van der Waals surface area contributed by atoms with E-state index >= 15 is 0 Å². The number of thioether (sulfide) groups is 3. The summed E-state index contributed by atoms with van der Waals surface area (Å²) in [6, 6.07) is 29.6. The van der Waals surface area contributed by atoms with Crippen LogP contribution >= 0.6 is 139 Å². The second-order valence-corrected chi connectivity index (χ2v) is 53.4. The van der Waals surface area contributed by atoms with Crippen molar-refractivity contribution < 1.29 is 64.7 Å². The number of ether oxygens (including phenoxy) is 3. The number of anilines is 2. The lowest BCUT2D eigenvalue weighted by Crippen LogP contribution is -2.21. The molecule has 736 valence electrons. The van der Waals surface area contributed by atoms with Crippen molar-refractivity contribution in [3.05, 3.63) is 150 Å². The van der Waals surface area contributed by atoms with Crippen molar-refractivity contribution in [3.8, 4) is 17.6 Å². The number of aromatic nitrogens is 21. The van der Waals surface area contributed by atoms with Crippen LogP contribution in [0.4, 0.5) is 10.9 Å². The molecule has 6 aromatic carbocycles. The van der Waals surface area contributed by atoms with E-state index in [1.165, 1.54) is 53.0 Å². The van der Waals surface area contributed by atoms with E-state index in [9.17, 15) is 50.5 Å². The van der Waals surface area contributed by atoms with Gasteiger partial charge in [-0.25, -0.2) is 110 Å². The molecule has 2 N–H and O–H groups in total. The van der Waals surface area contributed by atoms with Crippen molar-refractivity contribution in [1.82, 2.24) is 105 Å². The number of sulfone groups is 6. The number of nitrogen functional groups attached to an aromatic ring is 1. The van der Waals surface area contributed by atoms with Gasteiger partial charge in [-0.05, 0) is 154 Å². The van der Waals surface area contributed by atoms with Crippen molar-refractivity contribution in [2.75, 3.05) is 57.6 Å². The molecule has 1 saturated carbocycles. The predicted octanol–water partition coefficient (Wildman–Crippen LogP) is 17.9. The molecule has 0 bridgehead atoms. The molecular formula is C83H85Cl6N23O15S12. The number of nitrogens with two attached hydrogens (primary N) is 1. The molecule has 1 aliphatic carbocycles. The zero-order valence-electron chi connectivity index (χ0n) is 76.2. The third-order valence-electron chi connectivity index (χ3n) is 18.7. The molecule has 139 heavy (non-hydrogen) atoms. The highest BCUT2D eigenvalue weighted by atomic mass is 35.5. The van der Waals surface area contributed by atoms with Gasteiger partial charge in [0.15, 0.2) is 30.0 Å². The Labute approximate surface area is 854 Å². The third kappa shape index (κ3) is 26.4. The van der Waals surface area contributed by atoms with E-state index in [1.54, 1.807) is 143 Å². The third-order valence-corrected chi connectivity index (χ3v) is 36.6. The number of nitrogens with zero attached hydrogens (tertiary/aromatic N) is 22. The van der Waals surface area contributed by atoms with Gasteiger partial charge in [0, 0.05) is 68.0 Å². The number of hydrogen-bond acceptors (Lipinski definition) is 43. The van der Waals surface area contributed by atoms with E-state index in [-0.39, 0.29) is 99.3 Å². The Morgan fingerprint density at radius 2 is 0.784 bits per heavy atom. The van der Waals surface area contributed by atoms with Gasteiger partial charge < -0.3 is 29.4 Å². The van der Waals surface area contributed by atoms with Gasteiger partial charge in [0.1, 0.15) is 20.9 Å². The van der Waals surface area contributed by atoms with Crippen molar-refractivity contribution in [3.63, 3.8) is 0 Å². The van der Waals surface area contributed by atoms with Crippen LogP contribution in [0.25, 0.3) is 66.2 Å². The summed E-state index contributed by atoms with van der Waals surface area (Å²) in [5.41, 5.74) is 11.2.